The number of aliphatic carboxylic acids is 1. The van der Waals surface area contributed by atoms with Gasteiger partial charge in [-0.2, -0.15) is 0 Å². The van der Waals surface area contributed by atoms with Crippen molar-refractivity contribution in [3.63, 3.8) is 0 Å². The molecule has 3 fully saturated rings. The number of ether oxygens (including phenoxy) is 1. The number of piperidine rings is 1. The Morgan fingerprint density at radius 2 is 1.91 bits per heavy atom. The number of benzene rings is 1. The third kappa shape index (κ3) is 5.25. The molecule has 1 N–H and O–H groups in total. The second-order valence-corrected chi connectivity index (χ2v) is 11.3. The monoisotopic (exact) mass is 517 g/mol. The fourth-order valence-electron chi connectivity index (χ4n) is 5.64. The Labute approximate surface area is 217 Å². The normalized spacial score (nSPS) is 25.1. The molecule has 0 bridgehead atoms. The van der Waals surface area contributed by atoms with Gasteiger partial charge in [-0.05, 0) is 70.0 Å². The zero-order valence-corrected chi connectivity index (χ0v) is 21.9. The van der Waals surface area contributed by atoms with E-state index < -0.39 is 5.97 Å². The molecule has 2 saturated heterocycles. The van der Waals surface area contributed by atoms with Crippen molar-refractivity contribution in [3.8, 4) is 5.75 Å². The van der Waals surface area contributed by atoms with Gasteiger partial charge in [-0.1, -0.05) is 29.3 Å². The molecule has 1 saturated carbocycles. The van der Waals surface area contributed by atoms with Crippen LogP contribution < -0.4 is 9.64 Å². The molecule has 3 aliphatic rings. The van der Waals surface area contributed by atoms with Crippen molar-refractivity contribution in [2.75, 3.05) is 31.1 Å². The summed E-state index contributed by atoms with van der Waals surface area (Å²) in [5.74, 6) is 2.38. The Morgan fingerprint density at radius 3 is 2.63 bits per heavy atom. The molecule has 1 aromatic heterocycles. The van der Waals surface area contributed by atoms with E-state index in [2.05, 4.69) is 15.9 Å². The van der Waals surface area contributed by atoms with Gasteiger partial charge in [0.25, 0.3) is 0 Å². The van der Waals surface area contributed by atoms with Gasteiger partial charge in [0.1, 0.15) is 18.2 Å². The van der Waals surface area contributed by atoms with E-state index in [9.17, 15) is 9.90 Å². The second-order valence-electron chi connectivity index (χ2n) is 10.4. The van der Waals surface area contributed by atoms with Crippen LogP contribution in [0.4, 0.5) is 5.82 Å². The number of carboxylic acids is 1. The zero-order valence-electron chi connectivity index (χ0n) is 20.3. The van der Waals surface area contributed by atoms with E-state index in [4.69, 9.17) is 32.9 Å². The molecule has 8 heteroatoms. The molecule has 2 aliphatic heterocycles. The summed E-state index contributed by atoms with van der Waals surface area (Å²) in [7, 11) is 0. The Morgan fingerprint density at radius 1 is 1.14 bits per heavy atom. The average Bonchev–Trinajstić information content (AvgIpc) is 2.74. The molecule has 1 atom stereocenters. The highest BCUT2D eigenvalue weighted by molar-refractivity contribution is 6.35. The fraction of sp³-hybridized carbons (Fsp3) is 0.556. The van der Waals surface area contributed by atoms with Crippen LogP contribution in [-0.2, 0) is 11.4 Å². The molecule has 35 heavy (non-hydrogen) atoms. The summed E-state index contributed by atoms with van der Waals surface area (Å²) in [6.07, 6.45) is 4.11. The van der Waals surface area contributed by atoms with Crippen molar-refractivity contribution in [3.05, 3.63) is 51.1 Å². The lowest BCUT2D eigenvalue weighted by atomic mass is 9.76. The molecular formula is C27H33Cl2N3O3. The fourth-order valence-corrected chi connectivity index (χ4v) is 6.10. The summed E-state index contributed by atoms with van der Waals surface area (Å²) < 4.78 is 6.17. The number of anilines is 1. The SMILES string of the molecule is Cc1nc(N2CC([C@H]3CCCN(C4CC(C(=O)O)C4)C3)C2)cc(OCc2ccc(Cl)cc2Cl)c1C. The second kappa shape index (κ2) is 10.2. The summed E-state index contributed by atoms with van der Waals surface area (Å²) in [6.45, 7) is 8.69. The third-order valence-electron chi connectivity index (χ3n) is 8.22. The zero-order chi connectivity index (χ0) is 24.7. The lowest BCUT2D eigenvalue weighted by molar-refractivity contribution is -0.147. The van der Waals surface area contributed by atoms with Gasteiger partial charge in [-0.15, -0.1) is 0 Å². The summed E-state index contributed by atoms with van der Waals surface area (Å²) in [4.78, 5) is 20.9. The number of pyridine rings is 1. The van der Waals surface area contributed by atoms with Gasteiger partial charge in [0.2, 0.25) is 0 Å². The van der Waals surface area contributed by atoms with Gasteiger partial charge in [-0.25, -0.2) is 4.98 Å². The summed E-state index contributed by atoms with van der Waals surface area (Å²) >= 11 is 12.3. The molecule has 3 heterocycles. The van der Waals surface area contributed by atoms with Crippen molar-refractivity contribution in [1.29, 1.82) is 0 Å². The van der Waals surface area contributed by atoms with Crippen LogP contribution in [0, 0.1) is 31.6 Å². The van der Waals surface area contributed by atoms with E-state index in [0.717, 1.165) is 67.4 Å². The van der Waals surface area contributed by atoms with Crippen LogP contribution in [0.2, 0.25) is 10.0 Å². The number of carboxylic acid groups (broad SMARTS) is 1. The van der Waals surface area contributed by atoms with Crippen molar-refractivity contribution in [1.82, 2.24) is 9.88 Å². The first-order valence-corrected chi connectivity index (χ1v) is 13.3. The van der Waals surface area contributed by atoms with Crippen molar-refractivity contribution < 1.29 is 14.6 Å². The molecule has 5 rings (SSSR count). The molecule has 1 aromatic carbocycles. The number of likely N-dealkylation sites (tertiary alicyclic amines) is 1. The van der Waals surface area contributed by atoms with E-state index >= 15 is 0 Å². The van der Waals surface area contributed by atoms with Gasteiger partial charge < -0.3 is 19.6 Å². The molecule has 188 valence electrons. The first kappa shape index (κ1) is 24.7. The maximum absolute atomic E-state index is 11.2. The summed E-state index contributed by atoms with van der Waals surface area (Å²) in [6, 6.07) is 7.97. The van der Waals surface area contributed by atoms with Crippen LogP contribution in [-0.4, -0.2) is 53.2 Å². The van der Waals surface area contributed by atoms with Gasteiger partial charge in [0, 0.05) is 58.6 Å². The predicted octanol–water partition coefficient (Wildman–Crippen LogP) is 5.60. The number of hydrogen-bond donors (Lipinski definition) is 1. The molecule has 0 radical (unpaired) electrons. The summed E-state index contributed by atoms with van der Waals surface area (Å²) in [5, 5.41) is 10.4. The summed E-state index contributed by atoms with van der Waals surface area (Å²) in [5.41, 5.74) is 2.92. The van der Waals surface area contributed by atoms with Gasteiger partial charge in [-0.3, -0.25) is 4.79 Å². The molecule has 1 aliphatic carbocycles. The first-order valence-electron chi connectivity index (χ1n) is 12.5. The van der Waals surface area contributed by atoms with Crippen molar-refractivity contribution in [2.45, 2.75) is 52.2 Å². The predicted molar refractivity (Wildman–Crippen MR) is 139 cm³/mol. The maximum atomic E-state index is 11.2. The molecule has 0 unspecified atom stereocenters. The number of hydrogen-bond acceptors (Lipinski definition) is 5. The van der Waals surface area contributed by atoms with Gasteiger partial charge >= 0.3 is 5.97 Å². The quantitative estimate of drug-likeness (QED) is 0.515. The Balaban J connectivity index is 1.18. The number of rotatable bonds is 7. The van der Waals surface area contributed by atoms with Crippen molar-refractivity contribution >= 4 is 35.0 Å². The van der Waals surface area contributed by atoms with E-state index in [0.29, 0.717) is 34.5 Å². The standard InChI is InChI=1S/C27H33Cl2N3O3/c1-16-17(2)30-26(11-25(16)35-15-19-5-6-22(28)10-24(19)29)32-13-21(14-32)18-4-3-7-31(12-18)23-8-20(9-23)27(33)34/h5-6,10-11,18,20-21,23H,3-4,7-9,12-15H2,1-2H3,(H,33,34)/t18-,20?,23?/m0/s1. The Kier molecular flexibility index (Phi) is 7.16. The van der Waals surface area contributed by atoms with Crippen LogP contribution in [0.25, 0.3) is 0 Å². The Bertz CT molecular complexity index is 1100. The number of nitrogens with zero attached hydrogens (tertiary/aromatic N) is 3. The van der Waals surface area contributed by atoms with Gasteiger partial charge in [0.15, 0.2) is 0 Å². The number of carbonyl (C=O) groups is 1. The lowest BCUT2D eigenvalue weighted by Crippen LogP contribution is -2.56. The highest BCUT2D eigenvalue weighted by Crippen LogP contribution is 2.39. The molecule has 6 nitrogen and oxygen atoms in total. The largest absolute Gasteiger partial charge is 0.488 e. The smallest absolute Gasteiger partial charge is 0.306 e. The Hall–Kier alpha value is -2.02. The number of aryl methyl sites for hydroxylation is 1. The first-order chi connectivity index (χ1) is 16.8. The van der Waals surface area contributed by atoms with Gasteiger partial charge in [0.05, 0.1) is 5.92 Å². The lowest BCUT2D eigenvalue weighted by Gasteiger charge is -2.50. The van der Waals surface area contributed by atoms with Crippen LogP contribution in [0.5, 0.6) is 5.75 Å². The molecule has 0 amide bonds. The van der Waals surface area contributed by atoms with E-state index in [-0.39, 0.29) is 5.92 Å². The minimum Gasteiger partial charge on any atom is -0.488 e. The van der Waals surface area contributed by atoms with Crippen molar-refractivity contribution in [2.24, 2.45) is 17.8 Å². The topological polar surface area (TPSA) is 65.9 Å². The number of aromatic nitrogens is 1. The maximum Gasteiger partial charge on any atom is 0.306 e. The molecular weight excluding hydrogens is 485 g/mol. The van der Waals surface area contributed by atoms with Crippen LogP contribution in [0.1, 0.15) is 42.5 Å². The molecule has 2 aromatic rings. The van der Waals surface area contributed by atoms with Crippen LogP contribution >= 0.6 is 23.2 Å². The average molecular weight is 518 g/mol. The van der Waals surface area contributed by atoms with E-state index in [1.807, 2.05) is 26.0 Å². The van der Waals surface area contributed by atoms with E-state index in [1.165, 1.54) is 12.8 Å². The highest BCUT2D eigenvalue weighted by Gasteiger charge is 2.42. The molecule has 0 spiro atoms. The minimum absolute atomic E-state index is 0.137. The number of halogens is 2. The van der Waals surface area contributed by atoms with E-state index in [1.54, 1.807) is 6.07 Å². The minimum atomic E-state index is -0.634. The van der Waals surface area contributed by atoms with Crippen LogP contribution in [0.15, 0.2) is 24.3 Å². The third-order valence-corrected chi connectivity index (χ3v) is 8.81. The van der Waals surface area contributed by atoms with Crippen LogP contribution in [0.3, 0.4) is 0 Å². The highest BCUT2D eigenvalue weighted by atomic mass is 35.5.